The third-order valence-corrected chi connectivity index (χ3v) is 2.54. The molecule has 2 N–H and O–H groups in total. The number of hydrogen-bond donors (Lipinski definition) is 1. The lowest BCUT2D eigenvalue weighted by atomic mass is 10.2. The largest absolute Gasteiger partial charge is 0.472 e. The maximum Gasteiger partial charge on any atom is 0.213 e. The van der Waals surface area contributed by atoms with Crippen molar-refractivity contribution in [2.45, 2.75) is 26.0 Å². The highest BCUT2D eigenvalue weighted by atomic mass is 16.5. The molecular formula is C11H16N2O2. The summed E-state index contributed by atoms with van der Waals surface area (Å²) in [6, 6.07) is 3.87. The molecule has 2 heterocycles. The van der Waals surface area contributed by atoms with Crippen molar-refractivity contribution in [2.24, 2.45) is 5.73 Å². The molecule has 0 bridgehead atoms. The molecule has 0 aromatic carbocycles. The molecule has 1 saturated heterocycles. The molecule has 0 aliphatic carbocycles. The number of ether oxygens (including phenoxy) is 2. The minimum atomic E-state index is 0.144. The summed E-state index contributed by atoms with van der Waals surface area (Å²) in [5.74, 6) is 0.650. The van der Waals surface area contributed by atoms with Crippen molar-refractivity contribution in [1.29, 1.82) is 0 Å². The van der Waals surface area contributed by atoms with Gasteiger partial charge in [-0.25, -0.2) is 4.98 Å². The summed E-state index contributed by atoms with van der Waals surface area (Å²) < 4.78 is 10.9. The van der Waals surface area contributed by atoms with Gasteiger partial charge >= 0.3 is 0 Å². The van der Waals surface area contributed by atoms with E-state index in [4.69, 9.17) is 15.2 Å². The molecule has 15 heavy (non-hydrogen) atoms. The first kappa shape index (κ1) is 10.4. The first-order valence-electron chi connectivity index (χ1n) is 5.20. The van der Waals surface area contributed by atoms with Crippen molar-refractivity contribution >= 4 is 0 Å². The fourth-order valence-corrected chi connectivity index (χ4v) is 1.60. The topological polar surface area (TPSA) is 57.4 Å². The molecule has 82 valence electrons. The Bertz CT molecular complexity index is 335. The second-order valence-electron chi connectivity index (χ2n) is 3.72. The van der Waals surface area contributed by atoms with Crippen molar-refractivity contribution in [3.8, 4) is 5.88 Å². The summed E-state index contributed by atoms with van der Waals surface area (Å²) in [6.45, 7) is 3.88. The van der Waals surface area contributed by atoms with Gasteiger partial charge in [0.1, 0.15) is 6.10 Å². The van der Waals surface area contributed by atoms with E-state index in [1.54, 1.807) is 0 Å². The van der Waals surface area contributed by atoms with Crippen LogP contribution in [-0.4, -0.2) is 24.3 Å². The Balaban J connectivity index is 2.07. The van der Waals surface area contributed by atoms with E-state index in [2.05, 4.69) is 4.98 Å². The molecule has 0 amide bonds. The summed E-state index contributed by atoms with van der Waals surface area (Å²) in [4.78, 5) is 4.35. The van der Waals surface area contributed by atoms with Gasteiger partial charge in [-0.05, 0) is 12.5 Å². The molecule has 2 rings (SSSR count). The first-order valence-corrected chi connectivity index (χ1v) is 5.20. The van der Waals surface area contributed by atoms with Crippen molar-refractivity contribution in [2.75, 3.05) is 13.2 Å². The molecule has 4 heteroatoms. The molecule has 1 aromatic heterocycles. The third kappa shape index (κ3) is 2.46. The Kier molecular flexibility index (Phi) is 3.18. The molecule has 1 atom stereocenters. The summed E-state index contributed by atoms with van der Waals surface area (Å²) in [5.41, 5.74) is 7.58. The normalized spacial score (nSPS) is 20.5. The summed E-state index contributed by atoms with van der Waals surface area (Å²) in [7, 11) is 0. The van der Waals surface area contributed by atoms with Crippen LogP contribution in [-0.2, 0) is 11.3 Å². The Morgan fingerprint density at radius 1 is 1.60 bits per heavy atom. The highest BCUT2D eigenvalue weighted by Gasteiger charge is 2.17. The molecular weight excluding hydrogens is 192 g/mol. The zero-order valence-electron chi connectivity index (χ0n) is 8.90. The predicted molar refractivity (Wildman–Crippen MR) is 56.7 cm³/mol. The van der Waals surface area contributed by atoms with E-state index in [9.17, 15) is 0 Å². The van der Waals surface area contributed by atoms with E-state index in [0.717, 1.165) is 24.3 Å². The first-order chi connectivity index (χ1) is 7.29. The van der Waals surface area contributed by atoms with Crippen LogP contribution in [0.25, 0.3) is 0 Å². The smallest absolute Gasteiger partial charge is 0.213 e. The van der Waals surface area contributed by atoms with E-state index in [0.29, 0.717) is 19.0 Å². The maximum absolute atomic E-state index is 5.68. The molecule has 4 nitrogen and oxygen atoms in total. The minimum Gasteiger partial charge on any atom is -0.472 e. The van der Waals surface area contributed by atoms with Crippen molar-refractivity contribution in [3.05, 3.63) is 23.4 Å². The van der Waals surface area contributed by atoms with Gasteiger partial charge in [-0.2, -0.15) is 0 Å². The monoisotopic (exact) mass is 208 g/mol. The standard InChI is InChI=1S/C11H16N2O2/c1-8-2-3-11(13-10(8)6-12)15-9-4-5-14-7-9/h2-3,9H,4-7,12H2,1H3/t9-/m0/s1. The molecule has 1 aliphatic heterocycles. The van der Waals surface area contributed by atoms with Crippen molar-refractivity contribution < 1.29 is 9.47 Å². The van der Waals surface area contributed by atoms with Crippen molar-refractivity contribution in [3.63, 3.8) is 0 Å². The van der Waals surface area contributed by atoms with Crippen LogP contribution in [0.3, 0.4) is 0 Å². The summed E-state index contributed by atoms with van der Waals surface area (Å²) in [6.07, 6.45) is 1.08. The van der Waals surface area contributed by atoms with Gasteiger partial charge in [-0.3, -0.25) is 0 Å². The highest BCUT2D eigenvalue weighted by Crippen LogP contribution is 2.16. The molecule has 0 radical (unpaired) electrons. The highest BCUT2D eigenvalue weighted by molar-refractivity contribution is 5.24. The fraction of sp³-hybridized carbons (Fsp3) is 0.545. The molecule has 0 unspecified atom stereocenters. The number of rotatable bonds is 3. The second-order valence-corrected chi connectivity index (χ2v) is 3.72. The third-order valence-electron chi connectivity index (χ3n) is 2.54. The summed E-state index contributed by atoms with van der Waals surface area (Å²) in [5, 5.41) is 0. The van der Waals surface area contributed by atoms with Crippen LogP contribution in [0.2, 0.25) is 0 Å². The van der Waals surface area contributed by atoms with E-state index < -0.39 is 0 Å². The Hall–Kier alpha value is -1.13. The lowest BCUT2D eigenvalue weighted by Crippen LogP contribution is -2.17. The van der Waals surface area contributed by atoms with Gasteiger partial charge in [0, 0.05) is 19.0 Å². The van der Waals surface area contributed by atoms with Crippen LogP contribution >= 0.6 is 0 Å². The van der Waals surface area contributed by atoms with Gasteiger partial charge in [-0.15, -0.1) is 0 Å². The average molecular weight is 208 g/mol. The lowest BCUT2D eigenvalue weighted by molar-refractivity contribution is 0.138. The number of aromatic nitrogens is 1. The van der Waals surface area contributed by atoms with Crippen LogP contribution in [0.4, 0.5) is 0 Å². The predicted octanol–water partition coefficient (Wildman–Crippen LogP) is 1.02. The Labute approximate surface area is 89.4 Å². The zero-order valence-corrected chi connectivity index (χ0v) is 8.90. The molecule has 0 spiro atoms. The quantitative estimate of drug-likeness (QED) is 0.805. The molecule has 1 fully saturated rings. The second kappa shape index (κ2) is 4.59. The van der Waals surface area contributed by atoms with Gasteiger partial charge in [0.05, 0.1) is 18.9 Å². The van der Waals surface area contributed by atoms with E-state index in [-0.39, 0.29) is 6.10 Å². The van der Waals surface area contributed by atoms with Crippen molar-refractivity contribution in [1.82, 2.24) is 4.98 Å². The van der Waals surface area contributed by atoms with E-state index in [1.165, 1.54) is 0 Å². The summed E-state index contributed by atoms with van der Waals surface area (Å²) >= 11 is 0. The Morgan fingerprint density at radius 2 is 2.47 bits per heavy atom. The van der Waals surface area contributed by atoms with Crippen LogP contribution in [0, 0.1) is 6.92 Å². The van der Waals surface area contributed by atoms with Crippen LogP contribution < -0.4 is 10.5 Å². The lowest BCUT2D eigenvalue weighted by Gasteiger charge is -2.12. The fourth-order valence-electron chi connectivity index (χ4n) is 1.60. The maximum atomic E-state index is 5.68. The van der Waals surface area contributed by atoms with Gasteiger partial charge in [0.25, 0.3) is 0 Å². The van der Waals surface area contributed by atoms with E-state index >= 15 is 0 Å². The van der Waals surface area contributed by atoms with Gasteiger partial charge < -0.3 is 15.2 Å². The SMILES string of the molecule is Cc1ccc(O[C@H]2CCOC2)nc1CN. The number of nitrogens with zero attached hydrogens (tertiary/aromatic N) is 1. The van der Waals surface area contributed by atoms with Crippen LogP contribution in [0.1, 0.15) is 17.7 Å². The van der Waals surface area contributed by atoms with E-state index in [1.807, 2.05) is 19.1 Å². The number of aryl methyl sites for hydroxylation is 1. The van der Waals surface area contributed by atoms with Crippen LogP contribution in [0.5, 0.6) is 5.88 Å². The van der Waals surface area contributed by atoms with Gasteiger partial charge in [0.15, 0.2) is 0 Å². The minimum absolute atomic E-state index is 0.144. The van der Waals surface area contributed by atoms with Gasteiger partial charge in [-0.1, -0.05) is 6.07 Å². The van der Waals surface area contributed by atoms with Gasteiger partial charge in [0.2, 0.25) is 5.88 Å². The molecule has 1 aliphatic rings. The Morgan fingerprint density at radius 3 is 3.13 bits per heavy atom. The molecule has 1 aromatic rings. The van der Waals surface area contributed by atoms with Crippen LogP contribution in [0.15, 0.2) is 12.1 Å². The zero-order chi connectivity index (χ0) is 10.7. The number of pyridine rings is 1. The average Bonchev–Trinajstić information content (AvgIpc) is 2.73. The number of hydrogen-bond acceptors (Lipinski definition) is 4. The molecule has 0 saturated carbocycles. The number of nitrogens with two attached hydrogens (primary N) is 1.